The van der Waals surface area contributed by atoms with E-state index in [4.69, 9.17) is 0 Å². The molecule has 1 nitrogen and oxygen atoms in total. The molecule has 0 radical (unpaired) electrons. The van der Waals surface area contributed by atoms with Gasteiger partial charge in [0.05, 0.1) is 0 Å². The van der Waals surface area contributed by atoms with Gasteiger partial charge in [-0.05, 0) is 24.1 Å². The molecule has 54 valence electrons. The lowest BCUT2D eigenvalue weighted by atomic mass is 10.1. The molecule has 0 unspecified atom stereocenters. The summed E-state index contributed by atoms with van der Waals surface area (Å²) in [6.45, 7) is 6.04. The summed E-state index contributed by atoms with van der Waals surface area (Å²) in [7, 11) is 2.00. The molecule has 0 N–H and O–H groups in total. The third kappa shape index (κ3) is 1.29. The van der Waals surface area contributed by atoms with Gasteiger partial charge in [-0.15, -0.1) is 0 Å². The zero-order valence-electron chi connectivity index (χ0n) is 6.59. The Kier molecular flexibility index (Phi) is 1.95. The highest BCUT2D eigenvalue weighted by atomic mass is 15.1. The minimum absolute atomic E-state index is 1.07. The lowest BCUT2D eigenvalue weighted by Crippen LogP contribution is -2.10. The molecule has 0 aliphatic carbocycles. The van der Waals surface area contributed by atoms with Gasteiger partial charge in [-0.1, -0.05) is 13.5 Å². The van der Waals surface area contributed by atoms with Crippen LogP contribution < -0.4 is 0 Å². The predicted molar refractivity (Wildman–Crippen MR) is 44.4 cm³/mol. The molecular formula is C9H13N. The molecule has 0 aromatic rings. The predicted octanol–water partition coefficient (Wildman–Crippen LogP) is 2.30. The van der Waals surface area contributed by atoms with E-state index >= 15 is 0 Å². The molecule has 1 aliphatic heterocycles. The molecule has 10 heavy (non-hydrogen) atoms. The smallest absolute Gasteiger partial charge is 0.0333 e. The highest BCUT2D eigenvalue weighted by molar-refractivity contribution is 5.32. The molecule has 0 saturated carbocycles. The average Bonchev–Trinajstić information content (AvgIpc) is 1.95. The summed E-state index contributed by atoms with van der Waals surface area (Å²) < 4.78 is 0. The first-order valence-electron chi connectivity index (χ1n) is 3.54. The van der Waals surface area contributed by atoms with Gasteiger partial charge in [0.15, 0.2) is 0 Å². The maximum Gasteiger partial charge on any atom is 0.0333 e. The molecule has 1 heteroatoms. The van der Waals surface area contributed by atoms with Gasteiger partial charge < -0.3 is 4.90 Å². The number of rotatable bonds is 1. The summed E-state index contributed by atoms with van der Waals surface area (Å²) in [4.78, 5) is 2.01. The van der Waals surface area contributed by atoms with Gasteiger partial charge in [0.1, 0.15) is 0 Å². The normalized spacial score (nSPS) is 17.6. The number of hydrogen-bond donors (Lipinski definition) is 0. The second-order valence-electron chi connectivity index (χ2n) is 2.49. The fourth-order valence-electron chi connectivity index (χ4n) is 0.887. The SMILES string of the molecule is C=C1C=C(CC)C=CN1C. The van der Waals surface area contributed by atoms with Gasteiger partial charge >= 0.3 is 0 Å². The summed E-state index contributed by atoms with van der Waals surface area (Å²) in [5, 5.41) is 0. The molecular weight excluding hydrogens is 122 g/mol. The van der Waals surface area contributed by atoms with Crippen LogP contribution in [0.3, 0.4) is 0 Å². The monoisotopic (exact) mass is 135 g/mol. The van der Waals surface area contributed by atoms with Crippen LogP contribution >= 0.6 is 0 Å². The molecule has 0 fully saturated rings. The number of hydrogen-bond acceptors (Lipinski definition) is 1. The molecule has 1 rings (SSSR count). The largest absolute Gasteiger partial charge is 0.352 e. The number of likely N-dealkylation sites (N-methyl/N-ethyl adjacent to an activating group) is 1. The van der Waals surface area contributed by atoms with E-state index in [0.29, 0.717) is 0 Å². The second kappa shape index (κ2) is 2.74. The quantitative estimate of drug-likeness (QED) is 0.533. The molecule has 0 spiro atoms. The fourth-order valence-corrected chi connectivity index (χ4v) is 0.887. The van der Waals surface area contributed by atoms with Crippen molar-refractivity contribution in [1.29, 1.82) is 0 Å². The van der Waals surface area contributed by atoms with Crippen LogP contribution in [0, 0.1) is 0 Å². The van der Waals surface area contributed by atoms with Crippen LogP contribution in [0.15, 0.2) is 36.2 Å². The first kappa shape index (κ1) is 7.13. The molecule has 0 saturated heterocycles. The number of allylic oxidation sites excluding steroid dienone is 3. The zero-order valence-corrected chi connectivity index (χ0v) is 6.59. The Morgan fingerprint density at radius 3 is 2.80 bits per heavy atom. The van der Waals surface area contributed by atoms with Gasteiger partial charge in [-0.2, -0.15) is 0 Å². The standard InChI is InChI=1S/C9H13N/c1-4-9-5-6-10(3)8(2)7-9/h5-7H,2,4H2,1,3H3. The lowest BCUT2D eigenvalue weighted by Gasteiger charge is -2.18. The lowest BCUT2D eigenvalue weighted by molar-refractivity contribution is 0.583. The van der Waals surface area contributed by atoms with E-state index in [-0.39, 0.29) is 0 Å². The van der Waals surface area contributed by atoms with Crippen LogP contribution in [0.1, 0.15) is 13.3 Å². The second-order valence-corrected chi connectivity index (χ2v) is 2.49. The van der Waals surface area contributed by atoms with Crippen LogP contribution in [-0.4, -0.2) is 11.9 Å². The Labute approximate surface area is 62.3 Å². The van der Waals surface area contributed by atoms with Crippen molar-refractivity contribution >= 4 is 0 Å². The third-order valence-corrected chi connectivity index (χ3v) is 1.73. The summed E-state index contributed by atoms with van der Waals surface area (Å²) in [5.41, 5.74) is 2.42. The van der Waals surface area contributed by atoms with Crippen LogP contribution in [0.25, 0.3) is 0 Å². The maximum absolute atomic E-state index is 3.89. The van der Waals surface area contributed by atoms with E-state index in [1.165, 1.54) is 5.57 Å². The Hall–Kier alpha value is -0.980. The highest BCUT2D eigenvalue weighted by Crippen LogP contribution is 2.15. The number of nitrogens with zero attached hydrogens (tertiary/aromatic N) is 1. The third-order valence-electron chi connectivity index (χ3n) is 1.73. The van der Waals surface area contributed by atoms with Gasteiger partial charge in [0.25, 0.3) is 0 Å². The maximum atomic E-state index is 3.89. The minimum atomic E-state index is 1.07. The van der Waals surface area contributed by atoms with E-state index in [9.17, 15) is 0 Å². The topological polar surface area (TPSA) is 3.24 Å². The van der Waals surface area contributed by atoms with Crippen molar-refractivity contribution in [3.63, 3.8) is 0 Å². The average molecular weight is 135 g/mol. The molecule has 1 aliphatic rings. The van der Waals surface area contributed by atoms with Crippen molar-refractivity contribution in [2.24, 2.45) is 0 Å². The van der Waals surface area contributed by atoms with Gasteiger partial charge in [0.2, 0.25) is 0 Å². The Balaban J connectivity index is 2.76. The van der Waals surface area contributed by atoms with E-state index in [2.05, 4.69) is 25.7 Å². The molecule has 0 bridgehead atoms. The van der Waals surface area contributed by atoms with E-state index in [0.717, 1.165) is 12.1 Å². The van der Waals surface area contributed by atoms with Crippen LogP contribution in [0.4, 0.5) is 0 Å². The van der Waals surface area contributed by atoms with Crippen LogP contribution in [-0.2, 0) is 0 Å². The van der Waals surface area contributed by atoms with Crippen molar-refractivity contribution in [2.45, 2.75) is 13.3 Å². The summed E-state index contributed by atoms with van der Waals surface area (Å²) in [6, 6.07) is 0. The van der Waals surface area contributed by atoms with E-state index in [1.54, 1.807) is 0 Å². The molecule has 0 aromatic carbocycles. The van der Waals surface area contributed by atoms with Crippen molar-refractivity contribution in [1.82, 2.24) is 4.90 Å². The summed E-state index contributed by atoms with van der Waals surface area (Å²) in [6.07, 6.45) is 7.36. The van der Waals surface area contributed by atoms with Crippen molar-refractivity contribution < 1.29 is 0 Å². The van der Waals surface area contributed by atoms with Crippen LogP contribution in [0.5, 0.6) is 0 Å². The Morgan fingerprint density at radius 1 is 1.60 bits per heavy atom. The van der Waals surface area contributed by atoms with Crippen molar-refractivity contribution in [3.8, 4) is 0 Å². The molecule has 0 amide bonds. The Morgan fingerprint density at radius 2 is 2.30 bits per heavy atom. The van der Waals surface area contributed by atoms with E-state index < -0.39 is 0 Å². The van der Waals surface area contributed by atoms with Gasteiger partial charge in [-0.3, -0.25) is 0 Å². The summed E-state index contributed by atoms with van der Waals surface area (Å²) in [5.74, 6) is 0. The summed E-state index contributed by atoms with van der Waals surface area (Å²) >= 11 is 0. The van der Waals surface area contributed by atoms with Crippen molar-refractivity contribution in [3.05, 3.63) is 36.2 Å². The fraction of sp³-hybridized carbons (Fsp3) is 0.333. The molecule has 0 aromatic heterocycles. The van der Waals surface area contributed by atoms with Crippen molar-refractivity contribution in [2.75, 3.05) is 7.05 Å². The van der Waals surface area contributed by atoms with E-state index in [1.807, 2.05) is 18.1 Å². The minimum Gasteiger partial charge on any atom is -0.352 e. The van der Waals surface area contributed by atoms with Crippen LogP contribution in [0.2, 0.25) is 0 Å². The zero-order chi connectivity index (χ0) is 7.56. The Bertz CT molecular complexity index is 199. The van der Waals surface area contributed by atoms with Gasteiger partial charge in [-0.25, -0.2) is 0 Å². The highest BCUT2D eigenvalue weighted by Gasteiger charge is 2.00. The first-order valence-corrected chi connectivity index (χ1v) is 3.54. The molecule has 0 atom stereocenters. The van der Waals surface area contributed by atoms with Gasteiger partial charge in [0, 0.05) is 18.9 Å². The molecule has 1 heterocycles. The first-order chi connectivity index (χ1) is 4.74.